The molecule has 1 aromatic rings. The molecule has 4 heteroatoms. The maximum atomic E-state index is 11.6. The van der Waals surface area contributed by atoms with Crippen molar-refractivity contribution >= 4 is 17.2 Å². The molecule has 0 radical (unpaired) electrons. The summed E-state index contributed by atoms with van der Waals surface area (Å²) >= 11 is 1.44. The van der Waals surface area contributed by atoms with Gasteiger partial charge in [-0.25, -0.2) is 0 Å². The smallest absolute Gasteiger partial charge is 0.261 e. The third-order valence-corrected chi connectivity index (χ3v) is 3.62. The van der Waals surface area contributed by atoms with Crippen LogP contribution in [0.15, 0.2) is 17.5 Å². The molecule has 0 saturated carbocycles. The fraction of sp³-hybridized carbons (Fsp3) is 0.545. The quantitative estimate of drug-likeness (QED) is 0.806. The molecule has 3 N–H and O–H groups in total. The summed E-state index contributed by atoms with van der Waals surface area (Å²) in [4.78, 5) is 12.4. The molecule has 3 nitrogen and oxygen atoms in total. The maximum absolute atomic E-state index is 11.6. The van der Waals surface area contributed by atoms with E-state index in [-0.39, 0.29) is 11.4 Å². The van der Waals surface area contributed by atoms with Crippen molar-refractivity contribution < 1.29 is 4.79 Å². The molecule has 0 aliphatic rings. The Labute approximate surface area is 94.7 Å². The van der Waals surface area contributed by atoms with Crippen LogP contribution < -0.4 is 11.1 Å². The van der Waals surface area contributed by atoms with Crippen LogP contribution in [0, 0.1) is 0 Å². The number of hydrogen-bond donors (Lipinski definition) is 2. The lowest BCUT2D eigenvalue weighted by atomic mass is 9.94. The summed E-state index contributed by atoms with van der Waals surface area (Å²) in [6, 6.07) is 3.69. The van der Waals surface area contributed by atoms with Crippen LogP contribution in [0.25, 0.3) is 0 Å². The van der Waals surface area contributed by atoms with E-state index in [1.165, 1.54) is 11.3 Å². The van der Waals surface area contributed by atoms with Crippen molar-refractivity contribution in [2.75, 3.05) is 6.54 Å². The number of hydrogen-bond acceptors (Lipinski definition) is 3. The Kier molecular flexibility index (Phi) is 4.29. The van der Waals surface area contributed by atoms with Crippen molar-refractivity contribution in [3.8, 4) is 0 Å². The molecule has 84 valence electrons. The molecule has 0 aliphatic carbocycles. The summed E-state index contributed by atoms with van der Waals surface area (Å²) < 4.78 is 0. The monoisotopic (exact) mass is 226 g/mol. The number of rotatable bonds is 5. The summed E-state index contributed by atoms with van der Waals surface area (Å²) in [6.45, 7) is 4.62. The van der Waals surface area contributed by atoms with Crippen LogP contribution in [0.3, 0.4) is 0 Å². The van der Waals surface area contributed by atoms with Gasteiger partial charge in [-0.1, -0.05) is 19.9 Å². The van der Waals surface area contributed by atoms with Gasteiger partial charge in [0.1, 0.15) is 0 Å². The second kappa shape index (κ2) is 5.28. The summed E-state index contributed by atoms with van der Waals surface area (Å²) in [6.07, 6.45) is 1.74. The van der Waals surface area contributed by atoms with E-state index in [1.807, 2.05) is 31.4 Å². The molecule has 1 heterocycles. The van der Waals surface area contributed by atoms with Gasteiger partial charge in [0.2, 0.25) is 0 Å². The van der Waals surface area contributed by atoms with E-state index in [0.717, 1.165) is 17.7 Å². The predicted molar refractivity (Wildman–Crippen MR) is 64.2 cm³/mol. The lowest BCUT2D eigenvalue weighted by molar-refractivity contribution is 0.0946. The number of nitrogens with one attached hydrogen (secondary N) is 1. The third-order valence-electron chi connectivity index (χ3n) is 2.75. The van der Waals surface area contributed by atoms with Gasteiger partial charge >= 0.3 is 0 Å². The fourth-order valence-electron chi connectivity index (χ4n) is 1.25. The van der Waals surface area contributed by atoms with Crippen molar-refractivity contribution in [1.29, 1.82) is 0 Å². The summed E-state index contributed by atoms with van der Waals surface area (Å²) in [5.74, 6) is -0.0262. The van der Waals surface area contributed by atoms with Crippen LogP contribution >= 0.6 is 11.3 Å². The molecule has 1 aromatic heterocycles. The Morgan fingerprint density at radius 2 is 2.20 bits per heavy atom. The van der Waals surface area contributed by atoms with Crippen molar-refractivity contribution in [1.82, 2.24) is 5.32 Å². The van der Waals surface area contributed by atoms with Crippen LogP contribution in [0.4, 0.5) is 0 Å². The van der Waals surface area contributed by atoms with E-state index >= 15 is 0 Å². The fourth-order valence-corrected chi connectivity index (χ4v) is 1.89. The Balaban J connectivity index is 2.47. The van der Waals surface area contributed by atoms with Crippen LogP contribution in [0.5, 0.6) is 0 Å². The van der Waals surface area contributed by atoms with E-state index in [4.69, 9.17) is 5.73 Å². The van der Waals surface area contributed by atoms with E-state index in [0.29, 0.717) is 6.54 Å². The van der Waals surface area contributed by atoms with E-state index < -0.39 is 0 Å². The molecule has 0 fully saturated rings. The van der Waals surface area contributed by atoms with Crippen molar-refractivity contribution in [2.45, 2.75) is 32.2 Å². The highest BCUT2D eigenvalue weighted by molar-refractivity contribution is 7.12. The highest BCUT2D eigenvalue weighted by Gasteiger charge is 2.21. The normalized spacial score (nSPS) is 11.4. The second-order valence-electron chi connectivity index (χ2n) is 3.73. The molecular weight excluding hydrogens is 208 g/mol. The first kappa shape index (κ1) is 12.2. The van der Waals surface area contributed by atoms with Crippen LogP contribution in [-0.2, 0) is 0 Å². The minimum atomic E-state index is -0.271. The zero-order valence-corrected chi connectivity index (χ0v) is 10.1. The molecule has 0 aromatic carbocycles. The minimum absolute atomic E-state index is 0.0262. The summed E-state index contributed by atoms with van der Waals surface area (Å²) in [7, 11) is 0. The first-order valence-electron chi connectivity index (χ1n) is 5.22. The summed E-state index contributed by atoms with van der Waals surface area (Å²) in [5, 5.41) is 4.77. The predicted octanol–water partition coefficient (Wildman–Crippen LogP) is 2.00. The topological polar surface area (TPSA) is 55.1 Å². The van der Waals surface area contributed by atoms with Crippen LogP contribution in [0.2, 0.25) is 0 Å². The molecule has 0 bridgehead atoms. The van der Waals surface area contributed by atoms with Gasteiger partial charge in [-0.05, 0) is 24.3 Å². The molecule has 0 unspecified atom stereocenters. The first-order valence-corrected chi connectivity index (χ1v) is 6.10. The average Bonchev–Trinajstić information content (AvgIpc) is 2.79. The lowest BCUT2D eigenvalue weighted by Gasteiger charge is -2.26. The highest BCUT2D eigenvalue weighted by Crippen LogP contribution is 2.11. The Morgan fingerprint density at radius 3 is 2.67 bits per heavy atom. The van der Waals surface area contributed by atoms with Gasteiger partial charge < -0.3 is 11.1 Å². The minimum Gasteiger partial charge on any atom is -0.349 e. The van der Waals surface area contributed by atoms with Gasteiger partial charge in [-0.15, -0.1) is 11.3 Å². The Hall–Kier alpha value is -0.870. The highest BCUT2D eigenvalue weighted by atomic mass is 32.1. The number of amides is 1. The molecule has 0 aliphatic heterocycles. The van der Waals surface area contributed by atoms with E-state index in [1.54, 1.807) is 0 Å². The van der Waals surface area contributed by atoms with Crippen LogP contribution in [0.1, 0.15) is 36.4 Å². The van der Waals surface area contributed by atoms with Gasteiger partial charge in [0.15, 0.2) is 0 Å². The Bertz CT molecular complexity index is 304. The van der Waals surface area contributed by atoms with Gasteiger partial charge in [-0.2, -0.15) is 0 Å². The van der Waals surface area contributed by atoms with E-state index in [2.05, 4.69) is 5.32 Å². The third kappa shape index (κ3) is 3.32. The molecule has 1 amide bonds. The SMILES string of the molecule is CCC(N)(CC)CNC(=O)c1cccs1. The molecule has 1 rings (SSSR count). The number of carbonyl (C=O) groups excluding carboxylic acids is 1. The zero-order chi connectivity index (χ0) is 11.3. The number of carbonyl (C=O) groups is 1. The van der Waals surface area contributed by atoms with Gasteiger partial charge in [0.25, 0.3) is 5.91 Å². The molecule has 0 spiro atoms. The maximum Gasteiger partial charge on any atom is 0.261 e. The van der Waals surface area contributed by atoms with Gasteiger partial charge in [0.05, 0.1) is 4.88 Å². The lowest BCUT2D eigenvalue weighted by Crippen LogP contribution is -2.49. The molecular formula is C11H18N2OS. The second-order valence-corrected chi connectivity index (χ2v) is 4.68. The van der Waals surface area contributed by atoms with E-state index in [9.17, 15) is 4.79 Å². The largest absolute Gasteiger partial charge is 0.349 e. The number of thiophene rings is 1. The van der Waals surface area contributed by atoms with Crippen molar-refractivity contribution in [3.05, 3.63) is 22.4 Å². The Morgan fingerprint density at radius 1 is 1.53 bits per heavy atom. The molecule has 15 heavy (non-hydrogen) atoms. The van der Waals surface area contributed by atoms with Crippen LogP contribution in [-0.4, -0.2) is 18.0 Å². The zero-order valence-electron chi connectivity index (χ0n) is 9.25. The van der Waals surface area contributed by atoms with Gasteiger partial charge in [-0.3, -0.25) is 4.79 Å². The standard InChI is InChI=1S/C11H18N2OS/c1-3-11(12,4-2)8-13-10(14)9-6-5-7-15-9/h5-7H,3-4,8,12H2,1-2H3,(H,13,14). The van der Waals surface area contributed by atoms with Crippen molar-refractivity contribution in [2.24, 2.45) is 5.73 Å². The average molecular weight is 226 g/mol. The molecule has 0 atom stereocenters. The molecule has 0 saturated heterocycles. The number of nitrogens with two attached hydrogens (primary N) is 1. The summed E-state index contributed by atoms with van der Waals surface area (Å²) in [5.41, 5.74) is 5.82. The van der Waals surface area contributed by atoms with Gasteiger partial charge in [0, 0.05) is 12.1 Å². The first-order chi connectivity index (χ1) is 7.11. The van der Waals surface area contributed by atoms with Crippen molar-refractivity contribution in [3.63, 3.8) is 0 Å².